The molecule has 0 atom stereocenters. The second-order valence-corrected chi connectivity index (χ2v) is 12.2. The Kier molecular flexibility index (Phi) is 7.14. The van der Waals surface area contributed by atoms with E-state index in [4.69, 9.17) is 4.74 Å². The summed E-state index contributed by atoms with van der Waals surface area (Å²) in [5, 5.41) is 2.28. The third kappa shape index (κ3) is 5.18. The number of hydrogen-bond acceptors (Lipinski definition) is 3. The van der Waals surface area contributed by atoms with Crippen LogP contribution in [0.25, 0.3) is 33.0 Å². The van der Waals surface area contributed by atoms with E-state index in [1.54, 1.807) is 0 Å². The lowest BCUT2D eigenvalue weighted by Crippen LogP contribution is -2.12. The number of nitrogens with zero attached hydrogens (tertiary/aromatic N) is 2. The summed E-state index contributed by atoms with van der Waals surface area (Å²) in [7, 11) is 0. The molecule has 9 rings (SSSR count). The van der Waals surface area contributed by atoms with Gasteiger partial charge in [-0.25, -0.2) is 0 Å². The molecule has 1 aliphatic rings. The van der Waals surface area contributed by atoms with Gasteiger partial charge in [0.2, 0.25) is 0 Å². The van der Waals surface area contributed by atoms with Gasteiger partial charge in [-0.2, -0.15) is 0 Å². The lowest BCUT2D eigenvalue weighted by atomic mass is 9.91. The van der Waals surface area contributed by atoms with Gasteiger partial charge in [0.1, 0.15) is 5.75 Å². The van der Waals surface area contributed by atoms with Crippen LogP contribution in [-0.2, 0) is 0 Å². The molecule has 1 heterocycles. The van der Waals surface area contributed by atoms with Crippen molar-refractivity contribution in [3.63, 3.8) is 0 Å². The first-order valence-electron chi connectivity index (χ1n) is 16.6. The summed E-state index contributed by atoms with van der Waals surface area (Å²) in [6, 6.07) is 68.3. The van der Waals surface area contributed by atoms with Crippen LogP contribution in [0.2, 0.25) is 0 Å². The maximum Gasteiger partial charge on any atom is 0.159 e. The van der Waals surface area contributed by atoms with Crippen molar-refractivity contribution in [1.82, 2.24) is 0 Å². The second kappa shape index (κ2) is 12.2. The van der Waals surface area contributed by atoms with Crippen molar-refractivity contribution in [2.24, 2.45) is 0 Å². The average molecular weight is 629 g/mol. The summed E-state index contributed by atoms with van der Waals surface area (Å²) in [6.07, 6.45) is 0. The van der Waals surface area contributed by atoms with Crippen molar-refractivity contribution in [2.45, 2.75) is 0 Å². The minimum Gasteiger partial charge on any atom is -0.454 e. The molecule has 0 radical (unpaired) electrons. The van der Waals surface area contributed by atoms with Crippen molar-refractivity contribution in [2.75, 3.05) is 9.80 Å². The van der Waals surface area contributed by atoms with Gasteiger partial charge >= 0.3 is 0 Å². The molecule has 0 spiro atoms. The van der Waals surface area contributed by atoms with Gasteiger partial charge in [-0.3, -0.25) is 0 Å². The molecule has 232 valence electrons. The van der Waals surface area contributed by atoms with Crippen LogP contribution in [0.4, 0.5) is 34.1 Å². The minimum absolute atomic E-state index is 0.855. The Morgan fingerprint density at radius 1 is 0.347 bits per heavy atom. The second-order valence-electron chi connectivity index (χ2n) is 12.2. The van der Waals surface area contributed by atoms with Gasteiger partial charge in [0.15, 0.2) is 5.75 Å². The highest BCUT2D eigenvalue weighted by molar-refractivity contribution is 6.08. The molecule has 3 heteroatoms. The average Bonchev–Trinajstić information content (AvgIpc) is 3.18. The number of para-hydroxylation sites is 4. The number of benzene rings is 8. The number of ether oxygens (including phenoxy) is 1. The van der Waals surface area contributed by atoms with E-state index in [0.29, 0.717) is 0 Å². The van der Waals surface area contributed by atoms with E-state index in [9.17, 15) is 0 Å². The largest absolute Gasteiger partial charge is 0.454 e. The molecule has 0 aliphatic carbocycles. The van der Waals surface area contributed by atoms with Crippen molar-refractivity contribution >= 4 is 44.9 Å². The maximum absolute atomic E-state index is 6.90. The lowest BCUT2D eigenvalue weighted by Gasteiger charge is -2.30. The number of fused-ring (bicyclic) bond motifs is 2. The molecule has 0 saturated carbocycles. The molecule has 0 bridgehead atoms. The van der Waals surface area contributed by atoms with Crippen LogP contribution in [-0.4, -0.2) is 0 Å². The highest BCUT2D eigenvalue weighted by atomic mass is 16.5. The molecule has 0 unspecified atom stereocenters. The molecule has 0 fully saturated rings. The molecular formula is C46H32N2O. The summed E-state index contributed by atoms with van der Waals surface area (Å²) in [5.74, 6) is 1.72. The van der Waals surface area contributed by atoms with Crippen LogP contribution in [0.3, 0.4) is 0 Å². The van der Waals surface area contributed by atoms with E-state index in [1.807, 2.05) is 0 Å². The molecule has 0 amide bonds. The van der Waals surface area contributed by atoms with E-state index in [0.717, 1.165) is 73.1 Å². The van der Waals surface area contributed by atoms with Gasteiger partial charge in [0, 0.05) is 39.4 Å². The van der Waals surface area contributed by atoms with E-state index in [1.165, 1.54) is 5.56 Å². The maximum atomic E-state index is 6.90. The molecule has 0 saturated heterocycles. The molecule has 49 heavy (non-hydrogen) atoms. The SMILES string of the molecule is c1ccc(N(c2ccccc2)c2ccc(-c3ccc4c(c3)-c3cccc5ccc(N(c6ccccc6)c6ccccc6)c(c35)O4)cc2)cc1. The molecule has 1 aliphatic heterocycles. The third-order valence-electron chi connectivity index (χ3n) is 9.22. The minimum atomic E-state index is 0.855. The predicted octanol–water partition coefficient (Wildman–Crippen LogP) is 13.2. The fourth-order valence-corrected chi connectivity index (χ4v) is 6.94. The van der Waals surface area contributed by atoms with E-state index >= 15 is 0 Å². The predicted molar refractivity (Wildman–Crippen MR) is 204 cm³/mol. The summed E-state index contributed by atoms with van der Waals surface area (Å²) < 4.78 is 6.90. The monoisotopic (exact) mass is 628 g/mol. The van der Waals surface area contributed by atoms with Gasteiger partial charge < -0.3 is 14.5 Å². The fourth-order valence-electron chi connectivity index (χ4n) is 6.94. The van der Waals surface area contributed by atoms with Gasteiger partial charge in [-0.1, -0.05) is 115 Å². The lowest BCUT2D eigenvalue weighted by molar-refractivity contribution is 0.488. The van der Waals surface area contributed by atoms with E-state index < -0.39 is 0 Å². The Balaban J connectivity index is 1.13. The number of anilines is 6. The summed E-state index contributed by atoms with van der Waals surface area (Å²) in [4.78, 5) is 4.56. The van der Waals surface area contributed by atoms with Gasteiger partial charge in [-0.05, 0) is 101 Å². The van der Waals surface area contributed by atoms with Crippen molar-refractivity contribution in [3.8, 4) is 33.8 Å². The summed E-state index contributed by atoms with van der Waals surface area (Å²) >= 11 is 0. The molecule has 8 aromatic rings. The Labute approximate surface area is 286 Å². The highest BCUT2D eigenvalue weighted by Crippen LogP contribution is 2.53. The Bertz CT molecular complexity index is 2310. The van der Waals surface area contributed by atoms with Crippen LogP contribution in [0.1, 0.15) is 0 Å². The van der Waals surface area contributed by atoms with Crippen LogP contribution in [0, 0.1) is 0 Å². The zero-order valence-corrected chi connectivity index (χ0v) is 26.8. The van der Waals surface area contributed by atoms with Gasteiger partial charge in [0.25, 0.3) is 0 Å². The normalized spacial score (nSPS) is 11.4. The Hall–Kier alpha value is -6.58. The van der Waals surface area contributed by atoms with Crippen LogP contribution < -0.4 is 14.5 Å². The molecule has 0 aromatic heterocycles. The zero-order valence-electron chi connectivity index (χ0n) is 26.8. The van der Waals surface area contributed by atoms with E-state index in [-0.39, 0.29) is 0 Å². The number of rotatable bonds is 7. The smallest absolute Gasteiger partial charge is 0.159 e. The zero-order chi connectivity index (χ0) is 32.6. The third-order valence-corrected chi connectivity index (χ3v) is 9.22. The van der Waals surface area contributed by atoms with Crippen LogP contribution in [0.15, 0.2) is 194 Å². The molecule has 8 aromatic carbocycles. The molecular weight excluding hydrogens is 597 g/mol. The van der Waals surface area contributed by atoms with Crippen LogP contribution >= 0.6 is 0 Å². The van der Waals surface area contributed by atoms with Gasteiger partial charge in [-0.15, -0.1) is 0 Å². The first kappa shape index (κ1) is 28.6. The molecule has 0 N–H and O–H groups in total. The first-order valence-corrected chi connectivity index (χ1v) is 16.6. The summed E-state index contributed by atoms with van der Waals surface area (Å²) in [5.41, 5.74) is 11.1. The molecule has 3 nitrogen and oxygen atoms in total. The van der Waals surface area contributed by atoms with E-state index in [2.05, 4.69) is 204 Å². The quantitative estimate of drug-likeness (QED) is 0.175. The number of hydrogen-bond donors (Lipinski definition) is 0. The standard InChI is InChI=1S/C46H32N2O/c1-5-15-36(16-6-1)47(37-17-7-2-8-18-37)40-28-24-33(25-29-40)35-27-31-44-42(32-35)41-23-13-14-34-26-30-43(46(49-44)45(34)41)48(38-19-9-3-10-20-38)39-21-11-4-12-22-39/h1-32H. The van der Waals surface area contributed by atoms with Gasteiger partial charge in [0.05, 0.1) is 5.69 Å². The fraction of sp³-hybridized carbons (Fsp3) is 0. The van der Waals surface area contributed by atoms with Crippen molar-refractivity contribution in [3.05, 3.63) is 194 Å². The summed E-state index contributed by atoms with van der Waals surface area (Å²) in [6.45, 7) is 0. The Morgan fingerprint density at radius 2 is 0.857 bits per heavy atom. The highest BCUT2D eigenvalue weighted by Gasteiger charge is 2.26. The van der Waals surface area contributed by atoms with Crippen molar-refractivity contribution in [1.29, 1.82) is 0 Å². The Morgan fingerprint density at radius 3 is 1.43 bits per heavy atom. The first-order chi connectivity index (χ1) is 24.3. The van der Waals surface area contributed by atoms with Crippen LogP contribution in [0.5, 0.6) is 11.5 Å². The topological polar surface area (TPSA) is 15.7 Å². The van der Waals surface area contributed by atoms with Crippen molar-refractivity contribution < 1.29 is 4.74 Å².